The maximum atomic E-state index is 12.0. The van der Waals surface area contributed by atoms with Crippen molar-refractivity contribution in [2.24, 2.45) is 5.92 Å². The van der Waals surface area contributed by atoms with E-state index < -0.39 is 5.97 Å². The standard InChI is InChI=1S/C20H30N2O4/c1-14(2)9-21-19(23)13-25-20(24)18-7-5-17(6-8-18)12-22-10-15(3)26-16(4)11-22/h5-8,14-16H,9-13H2,1-4H3,(H,21,23). The number of nitrogens with zero attached hydrogens (tertiary/aromatic N) is 1. The van der Waals surface area contributed by atoms with Crippen molar-refractivity contribution in [3.05, 3.63) is 35.4 Å². The summed E-state index contributed by atoms with van der Waals surface area (Å²) in [5.74, 6) is -0.399. The molecule has 0 radical (unpaired) electrons. The second-order valence-electron chi connectivity index (χ2n) is 7.42. The summed E-state index contributed by atoms with van der Waals surface area (Å²) in [6, 6.07) is 7.36. The SMILES string of the molecule is CC(C)CNC(=O)COC(=O)c1ccc(CN2CC(C)OC(C)C2)cc1. The lowest BCUT2D eigenvalue weighted by Crippen LogP contribution is -2.44. The molecule has 2 atom stereocenters. The smallest absolute Gasteiger partial charge is 0.338 e. The number of morpholine rings is 1. The predicted molar refractivity (Wildman–Crippen MR) is 99.9 cm³/mol. The molecule has 1 aromatic carbocycles. The summed E-state index contributed by atoms with van der Waals surface area (Å²) in [7, 11) is 0. The molecule has 1 heterocycles. The largest absolute Gasteiger partial charge is 0.452 e. The van der Waals surface area contributed by atoms with Gasteiger partial charge in [0.15, 0.2) is 6.61 Å². The van der Waals surface area contributed by atoms with Gasteiger partial charge in [0.1, 0.15) is 0 Å². The van der Waals surface area contributed by atoms with E-state index in [2.05, 4.69) is 24.1 Å². The van der Waals surface area contributed by atoms with Crippen LogP contribution >= 0.6 is 0 Å². The van der Waals surface area contributed by atoms with Crippen molar-refractivity contribution in [1.82, 2.24) is 10.2 Å². The molecule has 0 spiro atoms. The summed E-state index contributed by atoms with van der Waals surface area (Å²) >= 11 is 0. The van der Waals surface area contributed by atoms with Gasteiger partial charge in [-0.3, -0.25) is 9.69 Å². The van der Waals surface area contributed by atoms with Crippen molar-refractivity contribution in [3.8, 4) is 0 Å². The Labute approximate surface area is 155 Å². The average molecular weight is 362 g/mol. The van der Waals surface area contributed by atoms with Gasteiger partial charge in [-0.1, -0.05) is 26.0 Å². The Morgan fingerprint density at radius 2 is 1.81 bits per heavy atom. The molecule has 1 amide bonds. The lowest BCUT2D eigenvalue weighted by Gasteiger charge is -2.35. The maximum absolute atomic E-state index is 12.0. The molecule has 2 rings (SSSR count). The molecule has 1 aliphatic rings. The first-order chi connectivity index (χ1) is 12.3. The summed E-state index contributed by atoms with van der Waals surface area (Å²) in [5, 5.41) is 2.72. The van der Waals surface area contributed by atoms with Crippen LogP contribution < -0.4 is 5.32 Å². The summed E-state index contributed by atoms with van der Waals surface area (Å²) in [4.78, 5) is 26.0. The van der Waals surface area contributed by atoms with Crippen LogP contribution in [-0.4, -0.2) is 55.2 Å². The fraction of sp³-hybridized carbons (Fsp3) is 0.600. The molecule has 1 saturated heterocycles. The minimum atomic E-state index is -0.482. The van der Waals surface area contributed by atoms with Crippen LogP contribution in [0.4, 0.5) is 0 Å². The second kappa shape index (κ2) is 9.69. The maximum Gasteiger partial charge on any atom is 0.338 e. The Hall–Kier alpha value is -1.92. The van der Waals surface area contributed by atoms with Gasteiger partial charge in [-0.2, -0.15) is 0 Å². The van der Waals surface area contributed by atoms with Crippen LogP contribution in [0.1, 0.15) is 43.6 Å². The van der Waals surface area contributed by atoms with E-state index in [4.69, 9.17) is 9.47 Å². The van der Waals surface area contributed by atoms with Gasteiger partial charge in [0, 0.05) is 26.2 Å². The number of benzene rings is 1. The number of carbonyl (C=O) groups excluding carboxylic acids is 2. The van der Waals surface area contributed by atoms with E-state index in [9.17, 15) is 9.59 Å². The van der Waals surface area contributed by atoms with Crippen LogP contribution in [0.2, 0.25) is 0 Å². The van der Waals surface area contributed by atoms with Crippen LogP contribution in [0.15, 0.2) is 24.3 Å². The van der Waals surface area contributed by atoms with Gasteiger partial charge in [0.25, 0.3) is 5.91 Å². The third-order valence-electron chi connectivity index (χ3n) is 4.13. The molecule has 6 heteroatoms. The highest BCUT2D eigenvalue weighted by Gasteiger charge is 2.22. The number of ether oxygens (including phenoxy) is 2. The Kier molecular flexibility index (Phi) is 7.60. The molecule has 1 N–H and O–H groups in total. The monoisotopic (exact) mass is 362 g/mol. The summed E-state index contributed by atoms with van der Waals surface area (Å²) in [6.07, 6.45) is 0.463. The molecule has 2 unspecified atom stereocenters. The number of hydrogen-bond donors (Lipinski definition) is 1. The zero-order valence-corrected chi connectivity index (χ0v) is 16.2. The van der Waals surface area contributed by atoms with E-state index in [1.54, 1.807) is 12.1 Å². The van der Waals surface area contributed by atoms with Gasteiger partial charge >= 0.3 is 5.97 Å². The highest BCUT2D eigenvalue weighted by Crippen LogP contribution is 2.15. The van der Waals surface area contributed by atoms with Gasteiger partial charge in [-0.25, -0.2) is 4.79 Å². The topological polar surface area (TPSA) is 67.9 Å². The van der Waals surface area contributed by atoms with E-state index in [1.165, 1.54) is 0 Å². The highest BCUT2D eigenvalue weighted by atomic mass is 16.5. The normalized spacial score (nSPS) is 20.8. The fourth-order valence-electron chi connectivity index (χ4n) is 3.00. The van der Waals surface area contributed by atoms with Crippen molar-refractivity contribution in [3.63, 3.8) is 0 Å². The minimum absolute atomic E-state index is 0.231. The Bertz CT molecular complexity index is 590. The molecule has 1 fully saturated rings. The first-order valence-electron chi connectivity index (χ1n) is 9.24. The molecule has 0 saturated carbocycles. The lowest BCUT2D eigenvalue weighted by molar-refractivity contribution is -0.124. The zero-order chi connectivity index (χ0) is 19.1. The van der Waals surface area contributed by atoms with E-state index in [1.807, 2.05) is 26.0 Å². The molecular formula is C20H30N2O4. The van der Waals surface area contributed by atoms with Crippen LogP contribution in [0.25, 0.3) is 0 Å². The number of rotatable bonds is 7. The Morgan fingerprint density at radius 3 is 2.38 bits per heavy atom. The highest BCUT2D eigenvalue weighted by molar-refractivity contribution is 5.91. The average Bonchev–Trinajstić information content (AvgIpc) is 2.57. The lowest BCUT2D eigenvalue weighted by atomic mass is 10.1. The molecule has 1 aliphatic heterocycles. The fourth-order valence-corrected chi connectivity index (χ4v) is 3.00. The van der Waals surface area contributed by atoms with Crippen LogP contribution in [0.5, 0.6) is 0 Å². The first kappa shape index (κ1) is 20.4. The van der Waals surface area contributed by atoms with Gasteiger partial charge in [0.2, 0.25) is 0 Å². The third-order valence-corrected chi connectivity index (χ3v) is 4.13. The first-order valence-corrected chi connectivity index (χ1v) is 9.24. The molecule has 26 heavy (non-hydrogen) atoms. The van der Waals surface area contributed by atoms with Gasteiger partial charge in [-0.05, 0) is 37.5 Å². The van der Waals surface area contributed by atoms with Crippen LogP contribution in [-0.2, 0) is 20.8 Å². The number of esters is 1. The minimum Gasteiger partial charge on any atom is -0.452 e. The molecule has 0 aliphatic carbocycles. The molecule has 0 bridgehead atoms. The quantitative estimate of drug-likeness (QED) is 0.754. The number of amides is 1. The van der Waals surface area contributed by atoms with E-state index in [0.29, 0.717) is 18.0 Å². The Morgan fingerprint density at radius 1 is 1.19 bits per heavy atom. The Balaban J connectivity index is 1.80. The van der Waals surface area contributed by atoms with E-state index in [0.717, 1.165) is 25.2 Å². The van der Waals surface area contributed by atoms with Crippen molar-refractivity contribution in [2.45, 2.75) is 46.4 Å². The van der Waals surface area contributed by atoms with Crippen molar-refractivity contribution in [2.75, 3.05) is 26.2 Å². The molecular weight excluding hydrogens is 332 g/mol. The molecule has 144 valence electrons. The van der Waals surface area contributed by atoms with Crippen molar-refractivity contribution in [1.29, 1.82) is 0 Å². The van der Waals surface area contributed by atoms with Crippen molar-refractivity contribution < 1.29 is 19.1 Å². The second-order valence-corrected chi connectivity index (χ2v) is 7.42. The summed E-state index contributed by atoms with van der Waals surface area (Å²) in [5.41, 5.74) is 1.59. The molecule has 1 aromatic rings. The van der Waals surface area contributed by atoms with E-state index >= 15 is 0 Å². The zero-order valence-electron chi connectivity index (χ0n) is 16.2. The number of nitrogens with one attached hydrogen (secondary N) is 1. The van der Waals surface area contributed by atoms with Gasteiger partial charge < -0.3 is 14.8 Å². The summed E-state index contributed by atoms with van der Waals surface area (Å²) in [6.45, 7) is 11.1. The van der Waals surface area contributed by atoms with Crippen LogP contribution in [0, 0.1) is 5.92 Å². The third kappa shape index (κ3) is 6.77. The molecule has 0 aromatic heterocycles. The van der Waals surface area contributed by atoms with Crippen molar-refractivity contribution >= 4 is 11.9 Å². The predicted octanol–water partition coefficient (Wildman–Crippen LogP) is 2.22. The number of carbonyl (C=O) groups is 2. The van der Waals surface area contributed by atoms with Gasteiger partial charge in [0.05, 0.1) is 17.8 Å². The summed E-state index contributed by atoms with van der Waals surface area (Å²) < 4.78 is 10.8. The number of hydrogen-bond acceptors (Lipinski definition) is 5. The molecule has 6 nitrogen and oxygen atoms in total. The van der Waals surface area contributed by atoms with Gasteiger partial charge in [-0.15, -0.1) is 0 Å². The van der Waals surface area contributed by atoms with E-state index in [-0.39, 0.29) is 24.7 Å². The van der Waals surface area contributed by atoms with Crippen LogP contribution in [0.3, 0.4) is 0 Å².